The Labute approximate surface area is 202 Å². The van der Waals surface area contributed by atoms with Gasteiger partial charge in [0.1, 0.15) is 5.37 Å². The first-order valence-corrected chi connectivity index (χ1v) is 12.9. The van der Waals surface area contributed by atoms with E-state index in [1.165, 1.54) is 5.56 Å². The van der Waals surface area contributed by atoms with Crippen LogP contribution < -0.4 is 0 Å². The van der Waals surface area contributed by atoms with E-state index >= 15 is 0 Å². The molecular formula is C26H26BrN3OS. The van der Waals surface area contributed by atoms with Crippen molar-refractivity contribution in [3.63, 3.8) is 0 Å². The maximum Gasteiger partial charge on any atom is 0.234 e. The van der Waals surface area contributed by atoms with E-state index in [2.05, 4.69) is 74.3 Å². The highest BCUT2D eigenvalue weighted by Gasteiger charge is 2.40. The second-order valence-corrected chi connectivity index (χ2v) is 10.4. The van der Waals surface area contributed by atoms with E-state index in [1.807, 2.05) is 24.4 Å². The summed E-state index contributed by atoms with van der Waals surface area (Å²) in [4.78, 5) is 22.4. The topological polar surface area (TPSA) is 36.4 Å². The molecule has 2 fully saturated rings. The van der Waals surface area contributed by atoms with E-state index in [0.717, 1.165) is 53.8 Å². The molecule has 2 saturated heterocycles. The fourth-order valence-electron chi connectivity index (χ4n) is 4.73. The Balaban J connectivity index is 1.33. The van der Waals surface area contributed by atoms with Gasteiger partial charge in [-0.2, -0.15) is 0 Å². The summed E-state index contributed by atoms with van der Waals surface area (Å²) < 4.78 is 1.05. The normalized spacial score (nSPS) is 20.1. The minimum absolute atomic E-state index is 0.0283. The van der Waals surface area contributed by atoms with Crippen LogP contribution in [0.5, 0.6) is 0 Å². The number of amides is 1. The maximum absolute atomic E-state index is 13.0. The lowest BCUT2D eigenvalue weighted by atomic mass is 10.00. The van der Waals surface area contributed by atoms with Crippen LogP contribution in [-0.2, 0) is 11.3 Å². The number of carbonyl (C=O) groups is 1. The lowest BCUT2D eigenvalue weighted by Crippen LogP contribution is -2.46. The van der Waals surface area contributed by atoms with E-state index in [0.29, 0.717) is 5.75 Å². The molecule has 164 valence electrons. The molecule has 2 aliphatic rings. The van der Waals surface area contributed by atoms with Crippen LogP contribution in [0.2, 0.25) is 0 Å². The predicted octanol–water partition coefficient (Wildman–Crippen LogP) is 5.75. The fraction of sp³-hybridized carbons (Fsp3) is 0.308. The average molecular weight is 508 g/mol. The number of halogens is 1. The standard InChI is InChI=1S/C26H26BrN3OS/c27-21-10-8-20(9-11-21)25-23(7-4-14-28-25)26-30(24(31)18-32-26)22-12-15-29(16-13-22)17-19-5-2-1-3-6-19/h1-11,14,22,26H,12-13,15-18H2. The smallest absolute Gasteiger partial charge is 0.234 e. The fourth-order valence-corrected chi connectivity index (χ4v) is 6.27. The van der Waals surface area contributed by atoms with Crippen LogP contribution in [0.4, 0.5) is 0 Å². The number of thioether (sulfide) groups is 1. The third kappa shape index (κ3) is 4.63. The van der Waals surface area contributed by atoms with Crippen molar-refractivity contribution in [2.75, 3.05) is 18.8 Å². The lowest BCUT2D eigenvalue weighted by molar-refractivity contribution is -0.131. The molecule has 0 saturated carbocycles. The zero-order valence-electron chi connectivity index (χ0n) is 17.9. The Bertz CT molecular complexity index is 1070. The average Bonchev–Trinajstić information content (AvgIpc) is 3.22. The molecule has 0 radical (unpaired) electrons. The molecule has 3 aromatic rings. The van der Waals surface area contributed by atoms with Crippen molar-refractivity contribution >= 4 is 33.6 Å². The van der Waals surface area contributed by atoms with Gasteiger partial charge in [0.2, 0.25) is 5.91 Å². The molecule has 32 heavy (non-hydrogen) atoms. The predicted molar refractivity (Wildman–Crippen MR) is 134 cm³/mol. The molecule has 0 spiro atoms. The number of benzene rings is 2. The zero-order valence-corrected chi connectivity index (χ0v) is 20.3. The summed E-state index contributed by atoms with van der Waals surface area (Å²) in [5.74, 6) is 0.802. The van der Waals surface area contributed by atoms with E-state index < -0.39 is 0 Å². The van der Waals surface area contributed by atoms with Crippen molar-refractivity contribution in [1.82, 2.24) is 14.8 Å². The molecule has 2 aromatic carbocycles. The molecule has 1 atom stereocenters. The molecule has 0 bridgehead atoms. The van der Waals surface area contributed by atoms with Crippen LogP contribution >= 0.6 is 27.7 Å². The number of piperidine rings is 1. The van der Waals surface area contributed by atoms with Gasteiger partial charge in [-0.05, 0) is 36.6 Å². The van der Waals surface area contributed by atoms with Crippen LogP contribution in [0.25, 0.3) is 11.3 Å². The van der Waals surface area contributed by atoms with Crippen LogP contribution in [0, 0.1) is 0 Å². The summed E-state index contributed by atoms with van der Waals surface area (Å²) in [5, 5.41) is 0.0283. The Morgan fingerprint density at radius 1 is 0.969 bits per heavy atom. The Morgan fingerprint density at radius 2 is 1.72 bits per heavy atom. The van der Waals surface area contributed by atoms with Gasteiger partial charge in [-0.25, -0.2) is 0 Å². The van der Waals surface area contributed by atoms with Gasteiger partial charge in [0.15, 0.2) is 0 Å². The van der Waals surface area contributed by atoms with Gasteiger partial charge in [-0.1, -0.05) is 64.5 Å². The van der Waals surface area contributed by atoms with Crippen molar-refractivity contribution < 1.29 is 4.79 Å². The molecule has 3 heterocycles. The Hall–Kier alpha value is -2.15. The first-order chi connectivity index (χ1) is 15.7. The molecule has 1 unspecified atom stereocenters. The SMILES string of the molecule is O=C1CSC(c2cccnc2-c2ccc(Br)cc2)N1C1CCN(Cc2ccccc2)CC1. The largest absolute Gasteiger partial charge is 0.323 e. The molecule has 0 aliphatic carbocycles. The maximum atomic E-state index is 13.0. The molecule has 6 heteroatoms. The number of rotatable bonds is 5. The summed E-state index contributed by atoms with van der Waals surface area (Å²) in [6.45, 7) is 3.02. The highest BCUT2D eigenvalue weighted by atomic mass is 79.9. The van der Waals surface area contributed by atoms with Gasteiger partial charge >= 0.3 is 0 Å². The third-order valence-corrected chi connectivity index (χ3v) is 8.07. The number of carbonyl (C=O) groups excluding carboxylic acids is 1. The van der Waals surface area contributed by atoms with E-state index in [1.54, 1.807) is 11.8 Å². The minimum Gasteiger partial charge on any atom is -0.323 e. The first-order valence-electron chi connectivity index (χ1n) is 11.1. The molecule has 0 N–H and O–H groups in total. The molecule has 4 nitrogen and oxygen atoms in total. The van der Waals surface area contributed by atoms with Gasteiger partial charge in [-0.3, -0.25) is 14.7 Å². The van der Waals surface area contributed by atoms with Gasteiger partial charge in [0, 0.05) is 47.5 Å². The summed E-state index contributed by atoms with van der Waals surface area (Å²) in [7, 11) is 0. The molecule has 1 aromatic heterocycles. The van der Waals surface area contributed by atoms with Crippen molar-refractivity contribution in [2.24, 2.45) is 0 Å². The van der Waals surface area contributed by atoms with E-state index in [-0.39, 0.29) is 17.3 Å². The number of pyridine rings is 1. The summed E-state index contributed by atoms with van der Waals surface area (Å²) in [6.07, 6.45) is 3.88. The highest BCUT2D eigenvalue weighted by molar-refractivity contribution is 9.10. The number of aromatic nitrogens is 1. The number of hydrogen-bond acceptors (Lipinski definition) is 4. The van der Waals surface area contributed by atoms with Gasteiger partial charge in [0.05, 0.1) is 11.4 Å². The summed E-state index contributed by atoms with van der Waals surface area (Å²) in [6, 6.07) is 23.3. The van der Waals surface area contributed by atoms with Crippen LogP contribution in [0.1, 0.15) is 29.3 Å². The quantitative estimate of drug-likeness (QED) is 0.440. The van der Waals surface area contributed by atoms with Crippen LogP contribution in [-0.4, -0.2) is 45.6 Å². The summed E-state index contributed by atoms with van der Waals surface area (Å²) in [5.41, 5.74) is 4.55. The molecular weight excluding hydrogens is 482 g/mol. The van der Waals surface area contributed by atoms with Crippen molar-refractivity contribution in [3.05, 3.63) is 88.5 Å². The van der Waals surface area contributed by atoms with Crippen molar-refractivity contribution in [2.45, 2.75) is 30.8 Å². The molecule has 5 rings (SSSR count). The second kappa shape index (κ2) is 9.77. The van der Waals surface area contributed by atoms with Crippen molar-refractivity contribution in [3.8, 4) is 11.3 Å². The minimum atomic E-state index is 0.0283. The van der Waals surface area contributed by atoms with Gasteiger partial charge in [0.25, 0.3) is 0 Å². The Kier molecular flexibility index (Phi) is 6.62. The van der Waals surface area contributed by atoms with Crippen LogP contribution in [0.15, 0.2) is 77.4 Å². The van der Waals surface area contributed by atoms with Gasteiger partial charge < -0.3 is 4.90 Å². The highest BCUT2D eigenvalue weighted by Crippen LogP contribution is 2.44. The van der Waals surface area contributed by atoms with Crippen LogP contribution in [0.3, 0.4) is 0 Å². The lowest BCUT2D eigenvalue weighted by Gasteiger charge is -2.39. The monoisotopic (exact) mass is 507 g/mol. The third-order valence-electron chi connectivity index (χ3n) is 6.33. The number of hydrogen-bond donors (Lipinski definition) is 0. The molecule has 1 amide bonds. The summed E-state index contributed by atoms with van der Waals surface area (Å²) >= 11 is 5.25. The number of nitrogens with zero attached hydrogens (tertiary/aromatic N) is 3. The van der Waals surface area contributed by atoms with E-state index in [4.69, 9.17) is 4.98 Å². The first kappa shape index (κ1) is 21.7. The van der Waals surface area contributed by atoms with Gasteiger partial charge in [-0.15, -0.1) is 11.8 Å². The zero-order chi connectivity index (χ0) is 21.9. The second-order valence-electron chi connectivity index (χ2n) is 8.41. The Morgan fingerprint density at radius 3 is 2.47 bits per heavy atom. The van der Waals surface area contributed by atoms with E-state index in [9.17, 15) is 4.79 Å². The van der Waals surface area contributed by atoms with Crippen molar-refractivity contribution in [1.29, 1.82) is 0 Å². The molecule has 2 aliphatic heterocycles. The number of likely N-dealkylation sites (tertiary alicyclic amines) is 1.